The highest BCUT2D eigenvalue weighted by Crippen LogP contribution is 2.24. The SMILES string of the molecule is CN(C)C[C@]1(O)CCCN(Cc2c(F)cccc2F)CC1. The summed E-state index contributed by atoms with van der Waals surface area (Å²) in [5.74, 6) is -0.995. The summed E-state index contributed by atoms with van der Waals surface area (Å²) in [6.07, 6.45) is 2.18. The van der Waals surface area contributed by atoms with Crippen LogP contribution in [-0.4, -0.2) is 54.2 Å². The van der Waals surface area contributed by atoms with E-state index in [9.17, 15) is 13.9 Å². The minimum Gasteiger partial charge on any atom is -0.389 e. The number of halogens is 2. The molecular weight excluding hydrogens is 274 g/mol. The van der Waals surface area contributed by atoms with Crippen LogP contribution in [0.4, 0.5) is 8.78 Å². The first-order valence-corrected chi connectivity index (χ1v) is 7.42. The van der Waals surface area contributed by atoms with Gasteiger partial charge in [-0.25, -0.2) is 8.78 Å². The van der Waals surface area contributed by atoms with E-state index in [4.69, 9.17) is 0 Å². The van der Waals surface area contributed by atoms with Gasteiger partial charge in [-0.05, 0) is 52.0 Å². The standard InChI is InChI=1S/C16H24F2N2O/c1-19(2)12-16(21)7-4-9-20(10-8-16)11-13-14(17)5-3-6-15(13)18/h3,5-6,21H,4,7-12H2,1-2H3/t16-/m0/s1. The lowest BCUT2D eigenvalue weighted by Gasteiger charge is -2.30. The largest absolute Gasteiger partial charge is 0.389 e. The van der Waals surface area contributed by atoms with Crippen LogP contribution in [0.3, 0.4) is 0 Å². The van der Waals surface area contributed by atoms with Crippen molar-refractivity contribution in [3.63, 3.8) is 0 Å². The summed E-state index contributed by atoms with van der Waals surface area (Å²) in [6, 6.07) is 3.96. The van der Waals surface area contributed by atoms with E-state index in [1.807, 2.05) is 23.9 Å². The molecule has 0 radical (unpaired) electrons. The van der Waals surface area contributed by atoms with Gasteiger partial charge in [-0.3, -0.25) is 4.90 Å². The molecule has 0 spiro atoms. The van der Waals surface area contributed by atoms with Gasteiger partial charge in [0.1, 0.15) is 11.6 Å². The van der Waals surface area contributed by atoms with Gasteiger partial charge >= 0.3 is 0 Å². The van der Waals surface area contributed by atoms with Crippen molar-refractivity contribution in [3.8, 4) is 0 Å². The Labute approximate surface area is 125 Å². The number of likely N-dealkylation sites (N-methyl/N-ethyl adjacent to an activating group) is 1. The van der Waals surface area contributed by atoms with Crippen LogP contribution in [0, 0.1) is 11.6 Å². The first kappa shape index (κ1) is 16.3. The second-order valence-corrected chi connectivity index (χ2v) is 6.29. The van der Waals surface area contributed by atoms with Crippen LogP contribution in [0.15, 0.2) is 18.2 Å². The van der Waals surface area contributed by atoms with Crippen molar-refractivity contribution in [2.75, 3.05) is 33.7 Å². The molecule has 1 heterocycles. The fraction of sp³-hybridized carbons (Fsp3) is 0.625. The van der Waals surface area contributed by atoms with Crippen LogP contribution in [0.1, 0.15) is 24.8 Å². The van der Waals surface area contributed by atoms with E-state index in [1.54, 1.807) is 0 Å². The van der Waals surface area contributed by atoms with Crippen molar-refractivity contribution in [1.82, 2.24) is 9.80 Å². The normalized spacial score (nSPS) is 24.3. The maximum Gasteiger partial charge on any atom is 0.130 e. The zero-order valence-corrected chi connectivity index (χ0v) is 12.8. The highest BCUT2D eigenvalue weighted by molar-refractivity contribution is 5.19. The fourth-order valence-corrected chi connectivity index (χ4v) is 3.05. The highest BCUT2D eigenvalue weighted by Gasteiger charge is 2.31. The molecule has 1 aliphatic rings. The first-order valence-electron chi connectivity index (χ1n) is 7.42. The predicted molar refractivity (Wildman–Crippen MR) is 79.0 cm³/mol. The summed E-state index contributed by atoms with van der Waals surface area (Å²) in [5, 5.41) is 10.6. The van der Waals surface area contributed by atoms with Crippen molar-refractivity contribution in [1.29, 1.82) is 0 Å². The second-order valence-electron chi connectivity index (χ2n) is 6.29. The number of hydrogen-bond acceptors (Lipinski definition) is 3. The van der Waals surface area contributed by atoms with Crippen LogP contribution in [0.2, 0.25) is 0 Å². The first-order chi connectivity index (χ1) is 9.89. The van der Waals surface area contributed by atoms with Gasteiger partial charge in [0.05, 0.1) is 5.60 Å². The lowest BCUT2D eigenvalue weighted by atomic mass is 9.94. The Bertz CT molecular complexity index is 461. The molecular formula is C16H24F2N2O. The summed E-state index contributed by atoms with van der Waals surface area (Å²) in [7, 11) is 3.88. The van der Waals surface area contributed by atoms with Crippen molar-refractivity contribution in [2.24, 2.45) is 0 Å². The Kier molecular flexibility index (Phi) is 5.30. The van der Waals surface area contributed by atoms with Crippen LogP contribution in [0.25, 0.3) is 0 Å². The molecule has 5 heteroatoms. The molecule has 118 valence electrons. The van der Waals surface area contributed by atoms with Gasteiger partial charge in [0, 0.05) is 25.2 Å². The maximum atomic E-state index is 13.7. The smallest absolute Gasteiger partial charge is 0.130 e. The second kappa shape index (κ2) is 6.81. The molecule has 21 heavy (non-hydrogen) atoms. The Morgan fingerprint density at radius 3 is 2.48 bits per heavy atom. The Morgan fingerprint density at radius 2 is 1.86 bits per heavy atom. The molecule has 0 bridgehead atoms. The summed E-state index contributed by atoms with van der Waals surface area (Å²) in [5.41, 5.74) is -0.581. The van der Waals surface area contributed by atoms with Crippen LogP contribution in [-0.2, 0) is 6.54 Å². The van der Waals surface area contributed by atoms with Crippen molar-refractivity contribution >= 4 is 0 Å². The molecule has 0 saturated carbocycles. The van der Waals surface area contributed by atoms with Crippen molar-refractivity contribution in [2.45, 2.75) is 31.4 Å². The minimum absolute atomic E-state index is 0.121. The molecule has 1 aromatic rings. The average Bonchev–Trinajstić information content (AvgIpc) is 2.55. The van der Waals surface area contributed by atoms with Gasteiger partial charge in [0.25, 0.3) is 0 Å². The summed E-state index contributed by atoms with van der Waals surface area (Å²) in [4.78, 5) is 4.00. The van der Waals surface area contributed by atoms with Gasteiger partial charge in [0.2, 0.25) is 0 Å². The quantitative estimate of drug-likeness (QED) is 0.923. The molecule has 1 aliphatic heterocycles. The lowest BCUT2D eigenvalue weighted by molar-refractivity contribution is 0.00255. The fourth-order valence-electron chi connectivity index (χ4n) is 3.05. The monoisotopic (exact) mass is 298 g/mol. The summed E-state index contributed by atoms with van der Waals surface area (Å²) < 4.78 is 27.4. The minimum atomic E-state index is -0.702. The number of rotatable bonds is 4. The molecule has 0 amide bonds. The number of benzene rings is 1. The Morgan fingerprint density at radius 1 is 1.19 bits per heavy atom. The van der Waals surface area contributed by atoms with Crippen LogP contribution >= 0.6 is 0 Å². The van der Waals surface area contributed by atoms with Gasteiger partial charge in [-0.1, -0.05) is 6.07 Å². The molecule has 1 atom stereocenters. The van der Waals surface area contributed by atoms with Crippen molar-refractivity contribution in [3.05, 3.63) is 35.4 Å². The van der Waals surface area contributed by atoms with E-state index >= 15 is 0 Å². The third-order valence-electron chi connectivity index (χ3n) is 4.06. The van der Waals surface area contributed by atoms with Crippen LogP contribution in [0.5, 0.6) is 0 Å². The van der Waals surface area contributed by atoms with E-state index in [-0.39, 0.29) is 12.1 Å². The van der Waals surface area contributed by atoms with Crippen molar-refractivity contribution < 1.29 is 13.9 Å². The molecule has 0 aromatic heterocycles. The molecule has 3 nitrogen and oxygen atoms in total. The average molecular weight is 298 g/mol. The summed E-state index contributed by atoms with van der Waals surface area (Å²) >= 11 is 0. The maximum absolute atomic E-state index is 13.7. The number of aliphatic hydroxyl groups is 1. The highest BCUT2D eigenvalue weighted by atomic mass is 19.1. The van der Waals surface area contributed by atoms with Gasteiger partial charge < -0.3 is 10.0 Å². The lowest BCUT2D eigenvalue weighted by Crippen LogP contribution is -2.40. The topological polar surface area (TPSA) is 26.7 Å². The van der Waals surface area contributed by atoms with Crippen LogP contribution < -0.4 is 0 Å². The molecule has 0 unspecified atom stereocenters. The molecule has 1 N–H and O–H groups in total. The summed E-state index contributed by atoms with van der Waals surface area (Å²) in [6.45, 7) is 2.28. The number of hydrogen-bond donors (Lipinski definition) is 1. The zero-order chi connectivity index (χ0) is 15.5. The van der Waals surface area contributed by atoms with Gasteiger partial charge in [0.15, 0.2) is 0 Å². The van der Waals surface area contributed by atoms with E-state index in [0.717, 1.165) is 19.4 Å². The number of nitrogens with zero attached hydrogens (tertiary/aromatic N) is 2. The molecule has 1 aromatic carbocycles. The number of likely N-dealkylation sites (tertiary alicyclic amines) is 1. The zero-order valence-electron chi connectivity index (χ0n) is 12.8. The van der Waals surface area contributed by atoms with Gasteiger partial charge in [-0.15, -0.1) is 0 Å². The Balaban J connectivity index is 2.00. The predicted octanol–water partition coefficient (Wildman–Crippen LogP) is 2.24. The van der Waals surface area contributed by atoms with E-state index < -0.39 is 17.2 Å². The van der Waals surface area contributed by atoms with E-state index in [0.29, 0.717) is 19.5 Å². The third kappa shape index (κ3) is 4.46. The third-order valence-corrected chi connectivity index (χ3v) is 4.06. The van der Waals surface area contributed by atoms with Gasteiger partial charge in [-0.2, -0.15) is 0 Å². The molecule has 0 aliphatic carbocycles. The molecule has 1 saturated heterocycles. The molecule has 2 rings (SSSR count). The van der Waals surface area contributed by atoms with E-state index in [2.05, 4.69) is 0 Å². The Hall–Kier alpha value is -1.04. The van der Waals surface area contributed by atoms with E-state index in [1.165, 1.54) is 18.2 Å². The molecule has 1 fully saturated rings.